The van der Waals surface area contributed by atoms with E-state index >= 15 is 0 Å². The number of aromatic nitrogens is 2. The lowest BCUT2D eigenvalue weighted by atomic mass is 9.94. The zero-order chi connectivity index (χ0) is 12.1. The molecule has 0 aliphatic carbocycles. The van der Waals surface area contributed by atoms with Gasteiger partial charge in [-0.2, -0.15) is 5.10 Å². The van der Waals surface area contributed by atoms with Gasteiger partial charge in [0.15, 0.2) is 0 Å². The van der Waals surface area contributed by atoms with Crippen LogP contribution in [0.4, 0.5) is 0 Å². The number of aryl methyl sites for hydroxylation is 2. The molecule has 0 aromatic carbocycles. The minimum absolute atomic E-state index is 0.597. The van der Waals surface area contributed by atoms with Crippen LogP contribution in [0.15, 0.2) is 6.07 Å². The highest BCUT2D eigenvalue weighted by Crippen LogP contribution is 2.15. The largest absolute Gasteiger partial charge is 0.317 e. The molecule has 2 atom stereocenters. The summed E-state index contributed by atoms with van der Waals surface area (Å²) in [6.07, 6.45) is 3.30. The maximum Gasteiger partial charge on any atom is 0.0624 e. The number of hydrogen-bond donors (Lipinski definition) is 1. The summed E-state index contributed by atoms with van der Waals surface area (Å²) in [7, 11) is 4.09. The van der Waals surface area contributed by atoms with E-state index < -0.39 is 0 Å². The Hall–Kier alpha value is -0.830. The first-order valence-corrected chi connectivity index (χ1v) is 6.31. The molecule has 1 aromatic rings. The summed E-state index contributed by atoms with van der Waals surface area (Å²) in [5.74, 6) is 0.648. The van der Waals surface area contributed by atoms with Gasteiger partial charge >= 0.3 is 0 Å². The Morgan fingerprint density at radius 1 is 1.44 bits per heavy atom. The SMILES string of the molecule is CCc1cc(CC(C)C(CC)NC)n(C)n1. The number of rotatable bonds is 6. The second kappa shape index (κ2) is 6.04. The van der Waals surface area contributed by atoms with Gasteiger partial charge in [-0.15, -0.1) is 0 Å². The van der Waals surface area contributed by atoms with E-state index in [1.54, 1.807) is 0 Å². The van der Waals surface area contributed by atoms with Gasteiger partial charge in [-0.25, -0.2) is 0 Å². The lowest BCUT2D eigenvalue weighted by Gasteiger charge is -2.21. The van der Waals surface area contributed by atoms with Gasteiger partial charge in [0.05, 0.1) is 5.69 Å². The van der Waals surface area contributed by atoms with Crippen molar-refractivity contribution < 1.29 is 0 Å². The lowest BCUT2D eigenvalue weighted by Crippen LogP contribution is -2.32. The molecule has 1 heterocycles. The summed E-state index contributed by atoms with van der Waals surface area (Å²) in [6.45, 7) is 6.69. The molecule has 0 fully saturated rings. The van der Waals surface area contributed by atoms with Crippen LogP contribution in [0.2, 0.25) is 0 Å². The standard InChI is InChI=1S/C13H25N3/c1-6-11-9-12(16(5)15-11)8-10(3)13(7-2)14-4/h9-10,13-14H,6-8H2,1-5H3. The third-order valence-electron chi connectivity index (χ3n) is 3.42. The van der Waals surface area contributed by atoms with E-state index in [1.807, 2.05) is 18.8 Å². The van der Waals surface area contributed by atoms with Crippen molar-refractivity contribution in [2.75, 3.05) is 7.05 Å². The van der Waals surface area contributed by atoms with Gasteiger partial charge in [-0.3, -0.25) is 4.68 Å². The molecule has 3 heteroatoms. The molecule has 2 unspecified atom stereocenters. The van der Waals surface area contributed by atoms with Crippen molar-refractivity contribution in [3.63, 3.8) is 0 Å². The highest BCUT2D eigenvalue weighted by Gasteiger charge is 2.16. The Bertz CT molecular complexity index is 313. The van der Waals surface area contributed by atoms with Crippen molar-refractivity contribution in [1.82, 2.24) is 15.1 Å². The molecule has 0 amide bonds. The Morgan fingerprint density at radius 3 is 2.56 bits per heavy atom. The molecule has 0 aliphatic rings. The average molecular weight is 223 g/mol. The van der Waals surface area contributed by atoms with Gasteiger partial charge in [0.25, 0.3) is 0 Å². The van der Waals surface area contributed by atoms with Gasteiger partial charge in [0, 0.05) is 18.8 Å². The molecule has 0 saturated heterocycles. The van der Waals surface area contributed by atoms with E-state index in [4.69, 9.17) is 0 Å². The fourth-order valence-electron chi connectivity index (χ4n) is 2.30. The van der Waals surface area contributed by atoms with Gasteiger partial charge < -0.3 is 5.32 Å². The topological polar surface area (TPSA) is 29.9 Å². The zero-order valence-corrected chi connectivity index (χ0v) is 11.2. The summed E-state index contributed by atoms with van der Waals surface area (Å²) in [6, 6.07) is 2.83. The Morgan fingerprint density at radius 2 is 2.12 bits per heavy atom. The van der Waals surface area contributed by atoms with Crippen LogP contribution in [0.25, 0.3) is 0 Å². The number of hydrogen-bond acceptors (Lipinski definition) is 2. The third-order valence-corrected chi connectivity index (χ3v) is 3.42. The van der Waals surface area contributed by atoms with E-state index in [-0.39, 0.29) is 0 Å². The molecular weight excluding hydrogens is 198 g/mol. The Kier molecular flexibility index (Phi) is 5.00. The van der Waals surface area contributed by atoms with Crippen molar-refractivity contribution in [3.05, 3.63) is 17.5 Å². The molecule has 3 nitrogen and oxygen atoms in total. The first-order valence-electron chi connectivity index (χ1n) is 6.31. The van der Waals surface area contributed by atoms with Crippen LogP contribution >= 0.6 is 0 Å². The quantitative estimate of drug-likeness (QED) is 0.801. The fraction of sp³-hybridized carbons (Fsp3) is 0.769. The minimum Gasteiger partial charge on any atom is -0.317 e. The highest BCUT2D eigenvalue weighted by molar-refractivity contribution is 5.11. The summed E-state index contributed by atoms with van der Waals surface area (Å²) in [5, 5.41) is 7.87. The first-order chi connectivity index (χ1) is 7.62. The van der Waals surface area contributed by atoms with Crippen molar-refractivity contribution in [1.29, 1.82) is 0 Å². The Balaban J connectivity index is 2.68. The molecule has 0 aliphatic heterocycles. The summed E-state index contributed by atoms with van der Waals surface area (Å²) in [5.41, 5.74) is 2.54. The molecule has 0 bridgehead atoms. The van der Waals surface area contributed by atoms with Crippen LogP contribution in [-0.4, -0.2) is 22.9 Å². The number of nitrogens with zero attached hydrogens (tertiary/aromatic N) is 2. The molecule has 1 aromatic heterocycles. The van der Waals surface area contributed by atoms with Crippen LogP contribution < -0.4 is 5.32 Å². The molecule has 16 heavy (non-hydrogen) atoms. The second-order valence-corrected chi connectivity index (χ2v) is 4.59. The minimum atomic E-state index is 0.597. The van der Waals surface area contributed by atoms with E-state index in [2.05, 4.69) is 37.3 Å². The molecule has 1 N–H and O–H groups in total. The fourth-order valence-corrected chi connectivity index (χ4v) is 2.30. The molecule has 1 rings (SSSR count). The van der Waals surface area contributed by atoms with Gasteiger partial charge in [0.1, 0.15) is 0 Å². The Labute approximate surface area is 99.2 Å². The van der Waals surface area contributed by atoms with Crippen LogP contribution in [-0.2, 0) is 19.9 Å². The van der Waals surface area contributed by atoms with Crippen LogP contribution in [0.1, 0.15) is 38.6 Å². The summed E-state index contributed by atoms with van der Waals surface area (Å²) < 4.78 is 2.03. The summed E-state index contributed by atoms with van der Waals surface area (Å²) in [4.78, 5) is 0. The molecule has 0 saturated carbocycles. The van der Waals surface area contributed by atoms with Crippen LogP contribution in [0, 0.1) is 5.92 Å². The number of nitrogens with one attached hydrogen (secondary N) is 1. The van der Waals surface area contributed by atoms with Crippen LogP contribution in [0.3, 0.4) is 0 Å². The van der Waals surface area contributed by atoms with Crippen molar-refractivity contribution >= 4 is 0 Å². The highest BCUT2D eigenvalue weighted by atomic mass is 15.3. The first kappa shape index (κ1) is 13.2. The molecule has 0 radical (unpaired) electrons. The summed E-state index contributed by atoms with van der Waals surface area (Å²) >= 11 is 0. The maximum absolute atomic E-state index is 4.49. The molecular formula is C13H25N3. The van der Waals surface area contributed by atoms with Gasteiger partial charge in [-0.05, 0) is 38.3 Å². The lowest BCUT2D eigenvalue weighted by molar-refractivity contribution is 0.380. The second-order valence-electron chi connectivity index (χ2n) is 4.59. The van der Waals surface area contributed by atoms with E-state index in [0.29, 0.717) is 12.0 Å². The van der Waals surface area contributed by atoms with E-state index in [0.717, 1.165) is 12.8 Å². The van der Waals surface area contributed by atoms with Crippen molar-refractivity contribution in [2.45, 2.75) is 46.1 Å². The zero-order valence-electron chi connectivity index (χ0n) is 11.2. The predicted molar refractivity (Wildman–Crippen MR) is 68.6 cm³/mol. The van der Waals surface area contributed by atoms with E-state index in [1.165, 1.54) is 17.8 Å². The normalized spacial score (nSPS) is 15.1. The van der Waals surface area contributed by atoms with E-state index in [9.17, 15) is 0 Å². The van der Waals surface area contributed by atoms with Crippen molar-refractivity contribution in [2.24, 2.45) is 13.0 Å². The van der Waals surface area contributed by atoms with Crippen LogP contribution in [0.5, 0.6) is 0 Å². The smallest absolute Gasteiger partial charge is 0.0624 e. The molecule has 0 spiro atoms. The maximum atomic E-state index is 4.49. The van der Waals surface area contributed by atoms with Gasteiger partial charge in [-0.1, -0.05) is 20.8 Å². The van der Waals surface area contributed by atoms with Crippen molar-refractivity contribution in [3.8, 4) is 0 Å². The predicted octanol–water partition coefficient (Wildman–Crippen LogP) is 2.16. The average Bonchev–Trinajstić information content (AvgIpc) is 2.61. The third kappa shape index (κ3) is 3.08. The van der Waals surface area contributed by atoms with Gasteiger partial charge in [0.2, 0.25) is 0 Å². The molecule has 92 valence electrons. The monoisotopic (exact) mass is 223 g/mol.